The molecule has 5 nitrogen and oxygen atoms in total. The van der Waals surface area contributed by atoms with Crippen molar-refractivity contribution in [3.8, 4) is 11.1 Å². The van der Waals surface area contributed by atoms with Crippen LogP contribution in [-0.4, -0.2) is 16.6 Å². The van der Waals surface area contributed by atoms with E-state index in [4.69, 9.17) is 10.6 Å². The SMILES string of the molecule is CCCCONC1=CC(c2ccccc2-c2ccccc2)Cc2nc(N)nc(C)c21. The molecule has 154 valence electrons. The molecule has 1 atom stereocenters. The Labute approximate surface area is 178 Å². The third-order valence-electron chi connectivity index (χ3n) is 5.46. The number of rotatable bonds is 7. The molecule has 2 aromatic carbocycles. The van der Waals surface area contributed by atoms with E-state index in [1.54, 1.807) is 0 Å². The number of fused-ring (bicyclic) bond motifs is 1. The molecule has 1 unspecified atom stereocenters. The van der Waals surface area contributed by atoms with E-state index in [0.717, 1.165) is 41.9 Å². The number of nitrogens with two attached hydrogens (primary N) is 1. The molecular formula is C25H28N4O. The van der Waals surface area contributed by atoms with Gasteiger partial charge in [0.05, 0.1) is 23.7 Å². The second-order valence-corrected chi connectivity index (χ2v) is 7.64. The molecule has 3 aromatic rings. The highest BCUT2D eigenvalue weighted by atomic mass is 16.6. The number of nitrogen functional groups attached to an aromatic ring is 1. The number of hydrogen-bond donors (Lipinski definition) is 2. The Kier molecular flexibility index (Phi) is 6.10. The van der Waals surface area contributed by atoms with E-state index in [1.165, 1.54) is 16.7 Å². The molecule has 4 rings (SSSR count). The molecule has 1 aromatic heterocycles. The van der Waals surface area contributed by atoms with Gasteiger partial charge in [-0.05, 0) is 30.0 Å². The van der Waals surface area contributed by atoms with Crippen molar-refractivity contribution in [2.75, 3.05) is 12.3 Å². The van der Waals surface area contributed by atoms with Crippen LogP contribution in [-0.2, 0) is 11.3 Å². The minimum atomic E-state index is 0.153. The van der Waals surface area contributed by atoms with Gasteiger partial charge in [-0.3, -0.25) is 10.3 Å². The van der Waals surface area contributed by atoms with Crippen LogP contribution in [0.2, 0.25) is 0 Å². The van der Waals surface area contributed by atoms with Gasteiger partial charge in [0.1, 0.15) is 0 Å². The lowest BCUT2D eigenvalue weighted by atomic mass is 9.82. The lowest BCUT2D eigenvalue weighted by Crippen LogP contribution is -2.23. The molecule has 0 spiro atoms. The molecule has 0 aliphatic heterocycles. The van der Waals surface area contributed by atoms with Gasteiger partial charge in [-0.2, -0.15) is 0 Å². The van der Waals surface area contributed by atoms with Crippen LogP contribution in [0.1, 0.15) is 48.2 Å². The predicted molar refractivity (Wildman–Crippen MR) is 121 cm³/mol. The molecule has 0 saturated carbocycles. The zero-order valence-corrected chi connectivity index (χ0v) is 17.6. The van der Waals surface area contributed by atoms with E-state index >= 15 is 0 Å². The maximum absolute atomic E-state index is 5.98. The van der Waals surface area contributed by atoms with E-state index in [9.17, 15) is 0 Å². The fraction of sp³-hybridized carbons (Fsp3) is 0.280. The zero-order chi connectivity index (χ0) is 20.9. The lowest BCUT2D eigenvalue weighted by Gasteiger charge is -2.27. The number of aryl methyl sites for hydroxylation is 1. The van der Waals surface area contributed by atoms with Crippen molar-refractivity contribution in [3.05, 3.63) is 83.2 Å². The summed E-state index contributed by atoms with van der Waals surface area (Å²) in [5, 5.41) is 0. The van der Waals surface area contributed by atoms with Crippen LogP contribution in [0.15, 0.2) is 60.7 Å². The van der Waals surface area contributed by atoms with Gasteiger partial charge >= 0.3 is 0 Å². The summed E-state index contributed by atoms with van der Waals surface area (Å²) in [5.41, 5.74) is 16.6. The number of nitrogens with zero attached hydrogens (tertiary/aromatic N) is 2. The number of hydrogen-bond acceptors (Lipinski definition) is 5. The summed E-state index contributed by atoms with van der Waals surface area (Å²) in [6.07, 6.45) is 5.10. The van der Waals surface area contributed by atoms with Crippen LogP contribution in [0.5, 0.6) is 0 Å². The molecule has 0 saturated heterocycles. The molecule has 1 heterocycles. The van der Waals surface area contributed by atoms with Crippen molar-refractivity contribution >= 4 is 11.6 Å². The molecule has 0 radical (unpaired) electrons. The van der Waals surface area contributed by atoms with Crippen molar-refractivity contribution in [2.45, 2.75) is 39.0 Å². The van der Waals surface area contributed by atoms with Gasteiger partial charge in [-0.1, -0.05) is 74.0 Å². The highest BCUT2D eigenvalue weighted by molar-refractivity contribution is 5.74. The highest BCUT2D eigenvalue weighted by Crippen LogP contribution is 2.38. The third-order valence-corrected chi connectivity index (χ3v) is 5.46. The van der Waals surface area contributed by atoms with Gasteiger partial charge in [0, 0.05) is 17.9 Å². The molecule has 0 bridgehead atoms. The maximum Gasteiger partial charge on any atom is 0.220 e. The number of nitrogens with one attached hydrogen (secondary N) is 1. The first-order valence-electron chi connectivity index (χ1n) is 10.5. The van der Waals surface area contributed by atoms with Gasteiger partial charge in [0.25, 0.3) is 0 Å². The fourth-order valence-electron chi connectivity index (χ4n) is 4.04. The van der Waals surface area contributed by atoms with Crippen molar-refractivity contribution in [1.29, 1.82) is 0 Å². The highest BCUT2D eigenvalue weighted by Gasteiger charge is 2.26. The van der Waals surface area contributed by atoms with Gasteiger partial charge < -0.3 is 5.73 Å². The summed E-state index contributed by atoms with van der Waals surface area (Å²) < 4.78 is 0. The minimum absolute atomic E-state index is 0.153. The normalized spacial score (nSPS) is 15.4. The fourth-order valence-corrected chi connectivity index (χ4v) is 4.04. The van der Waals surface area contributed by atoms with E-state index < -0.39 is 0 Å². The molecular weight excluding hydrogens is 372 g/mol. The first kappa shape index (κ1) is 20.1. The number of hydroxylamine groups is 1. The van der Waals surface area contributed by atoms with Gasteiger partial charge in [0.15, 0.2) is 0 Å². The van der Waals surface area contributed by atoms with Gasteiger partial charge in [-0.15, -0.1) is 0 Å². The molecule has 1 aliphatic rings. The lowest BCUT2D eigenvalue weighted by molar-refractivity contribution is 0.0756. The van der Waals surface area contributed by atoms with Crippen LogP contribution in [0.25, 0.3) is 16.8 Å². The van der Waals surface area contributed by atoms with Gasteiger partial charge in [-0.25, -0.2) is 9.97 Å². The molecule has 1 aliphatic carbocycles. The molecule has 0 fully saturated rings. The average molecular weight is 401 g/mol. The maximum atomic E-state index is 5.98. The average Bonchev–Trinajstić information content (AvgIpc) is 2.76. The number of unbranched alkanes of at least 4 members (excludes halogenated alkanes) is 1. The Bertz CT molecular complexity index is 1050. The van der Waals surface area contributed by atoms with Crippen LogP contribution in [0.4, 0.5) is 5.95 Å². The number of benzene rings is 2. The van der Waals surface area contributed by atoms with Crippen molar-refractivity contribution in [2.24, 2.45) is 0 Å². The summed E-state index contributed by atoms with van der Waals surface area (Å²) in [4.78, 5) is 14.7. The molecule has 3 N–H and O–H groups in total. The minimum Gasteiger partial charge on any atom is -0.368 e. The number of aromatic nitrogens is 2. The van der Waals surface area contributed by atoms with Crippen LogP contribution >= 0.6 is 0 Å². The standard InChI is InChI=1S/C25H28N4O/c1-3-4-14-30-29-23-16-19(15-22-24(23)17(2)27-25(26)28-22)21-13-9-8-12-20(21)18-10-6-5-7-11-18/h5-13,16,19,29H,3-4,14-15H2,1-2H3,(H2,26,27,28). The number of anilines is 1. The Morgan fingerprint density at radius 1 is 1.07 bits per heavy atom. The van der Waals surface area contributed by atoms with E-state index in [-0.39, 0.29) is 5.92 Å². The zero-order valence-electron chi connectivity index (χ0n) is 17.6. The summed E-state index contributed by atoms with van der Waals surface area (Å²) in [7, 11) is 0. The van der Waals surface area contributed by atoms with Crippen LogP contribution in [0.3, 0.4) is 0 Å². The third kappa shape index (κ3) is 4.21. The molecule has 30 heavy (non-hydrogen) atoms. The van der Waals surface area contributed by atoms with Crippen molar-refractivity contribution in [3.63, 3.8) is 0 Å². The monoisotopic (exact) mass is 400 g/mol. The largest absolute Gasteiger partial charge is 0.368 e. The Hall–Kier alpha value is -3.18. The van der Waals surface area contributed by atoms with Crippen molar-refractivity contribution < 1.29 is 4.84 Å². The second-order valence-electron chi connectivity index (χ2n) is 7.64. The molecule has 0 amide bonds. The molecule has 5 heteroatoms. The summed E-state index contributed by atoms with van der Waals surface area (Å²) in [6, 6.07) is 19.0. The quantitative estimate of drug-likeness (QED) is 0.429. The summed E-state index contributed by atoms with van der Waals surface area (Å²) >= 11 is 0. The van der Waals surface area contributed by atoms with Crippen LogP contribution in [0, 0.1) is 6.92 Å². The summed E-state index contributed by atoms with van der Waals surface area (Å²) in [6.45, 7) is 4.77. The Morgan fingerprint density at radius 3 is 2.63 bits per heavy atom. The smallest absolute Gasteiger partial charge is 0.220 e. The van der Waals surface area contributed by atoms with Crippen molar-refractivity contribution in [1.82, 2.24) is 15.4 Å². The van der Waals surface area contributed by atoms with E-state index in [0.29, 0.717) is 12.6 Å². The summed E-state index contributed by atoms with van der Waals surface area (Å²) in [5.74, 6) is 0.467. The Morgan fingerprint density at radius 2 is 1.83 bits per heavy atom. The second kappa shape index (κ2) is 9.09. The van der Waals surface area contributed by atoms with E-state index in [1.807, 2.05) is 13.0 Å². The Balaban J connectivity index is 1.75. The topological polar surface area (TPSA) is 73.1 Å². The number of allylic oxidation sites excluding steroid dienone is 1. The van der Waals surface area contributed by atoms with E-state index in [2.05, 4.69) is 77.0 Å². The van der Waals surface area contributed by atoms with Gasteiger partial charge in [0.2, 0.25) is 5.95 Å². The first-order valence-corrected chi connectivity index (χ1v) is 10.5. The van der Waals surface area contributed by atoms with Crippen LogP contribution < -0.4 is 11.2 Å². The first-order chi connectivity index (χ1) is 14.7. The predicted octanol–water partition coefficient (Wildman–Crippen LogP) is 5.04.